The highest BCUT2D eigenvalue weighted by molar-refractivity contribution is 6.20. The molecule has 0 aliphatic rings. The average Bonchev–Trinajstić information content (AvgIpc) is 2.87. The van der Waals surface area contributed by atoms with Gasteiger partial charge < -0.3 is 4.42 Å². The highest BCUT2D eigenvalue weighted by atomic mass is 35.5. The number of fused-ring (bicyclic) bond motifs is 1. The predicted octanol–water partition coefficient (Wildman–Crippen LogP) is 4.79. The Hall–Kier alpha value is -1.80. The Morgan fingerprint density at radius 2 is 1.89 bits per heavy atom. The third-order valence-electron chi connectivity index (χ3n) is 2.92. The van der Waals surface area contributed by atoms with Crippen molar-refractivity contribution in [2.75, 3.05) is 0 Å². The number of rotatable bonds is 2. The second kappa shape index (κ2) is 4.46. The molecule has 0 bridgehead atoms. The van der Waals surface area contributed by atoms with Gasteiger partial charge in [0.25, 0.3) is 0 Å². The topological polar surface area (TPSA) is 26.0 Å². The van der Waals surface area contributed by atoms with Crippen LogP contribution in [-0.2, 0) is 0 Å². The van der Waals surface area contributed by atoms with Crippen LogP contribution >= 0.6 is 11.6 Å². The van der Waals surface area contributed by atoms with Crippen molar-refractivity contribution < 1.29 is 4.42 Å². The molecule has 3 heteroatoms. The van der Waals surface area contributed by atoms with E-state index in [0.717, 1.165) is 16.7 Å². The number of halogens is 1. The van der Waals surface area contributed by atoms with E-state index in [1.165, 1.54) is 5.39 Å². The summed E-state index contributed by atoms with van der Waals surface area (Å²) in [4.78, 5) is 4.20. The summed E-state index contributed by atoms with van der Waals surface area (Å²) in [5.74, 6) is 1.31. The van der Waals surface area contributed by atoms with E-state index in [4.69, 9.17) is 16.0 Å². The molecule has 0 aliphatic heterocycles. The minimum atomic E-state index is -0.214. The largest absolute Gasteiger partial charge is 0.439 e. The van der Waals surface area contributed by atoms with Crippen molar-refractivity contribution in [2.24, 2.45) is 0 Å². The average molecular weight is 258 g/mol. The molecule has 0 aliphatic carbocycles. The van der Waals surface area contributed by atoms with E-state index in [1.807, 2.05) is 31.2 Å². The number of oxazole rings is 1. The molecule has 0 amide bonds. The van der Waals surface area contributed by atoms with Gasteiger partial charge in [-0.25, -0.2) is 4.98 Å². The molecule has 18 heavy (non-hydrogen) atoms. The van der Waals surface area contributed by atoms with Crippen LogP contribution in [0.1, 0.15) is 18.2 Å². The molecule has 0 saturated carbocycles. The molecule has 1 atom stereocenters. The summed E-state index contributed by atoms with van der Waals surface area (Å²) in [5.41, 5.74) is 1.05. The molecule has 0 spiro atoms. The summed E-state index contributed by atoms with van der Waals surface area (Å²) in [6.07, 6.45) is 1.73. The van der Waals surface area contributed by atoms with Crippen molar-refractivity contribution >= 4 is 22.4 Å². The van der Waals surface area contributed by atoms with Gasteiger partial charge >= 0.3 is 0 Å². The summed E-state index contributed by atoms with van der Waals surface area (Å²) in [6.45, 7) is 1.85. The second-order valence-electron chi connectivity index (χ2n) is 4.21. The minimum Gasteiger partial charge on any atom is -0.439 e. The van der Waals surface area contributed by atoms with Crippen LogP contribution in [0.4, 0.5) is 0 Å². The fourth-order valence-electron chi connectivity index (χ4n) is 2.04. The predicted molar refractivity (Wildman–Crippen MR) is 73.7 cm³/mol. The third kappa shape index (κ3) is 1.89. The normalized spacial score (nSPS) is 12.8. The SMILES string of the molecule is CC(Cl)c1ncc(-c2cccc3ccccc23)o1. The highest BCUT2D eigenvalue weighted by Crippen LogP contribution is 2.30. The zero-order valence-corrected chi connectivity index (χ0v) is 10.7. The number of alkyl halides is 1. The molecule has 2 aromatic carbocycles. The van der Waals surface area contributed by atoms with Crippen molar-refractivity contribution in [1.82, 2.24) is 4.98 Å². The van der Waals surface area contributed by atoms with Gasteiger partial charge in [-0.05, 0) is 17.7 Å². The van der Waals surface area contributed by atoms with Gasteiger partial charge in [-0.2, -0.15) is 0 Å². The Morgan fingerprint density at radius 1 is 1.11 bits per heavy atom. The maximum Gasteiger partial charge on any atom is 0.212 e. The molecule has 0 N–H and O–H groups in total. The van der Waals surface area contributed by atoms with E-state index in [9.17, 15) is 0 Å². The van der Waals surface area contributed by atoms with Gasteiger partial charge in [0.2, 0.25) is 5.89 Å². The van der Waals surface area contributed by atoms with Crippen LogP contribution in [-0.4, -0.2) is 4.98 Å². The Kier molecular flexibility index (Phi) is 2.80. The molecule has 1 heterocycles. The molecule has 3 aromatic rings. The fourth-order valence-corrected chi connectivity index (χ4v) is 2.14. The lowest BCUT2D eigenvalue weighted by molar-refractivity contribution is 0.508. The maximum atomic E-state index is 5.97. The van der Waals surface area contributed by atoms with Gasteiger partial charge in [-0.1, -0.05) is 42.5 Å². The summed E-state index contributed by atoms with van der Waals surface area (Å²) >= 11 is 5.97. The van der Waals surface area contributed by atoms with Crippen molar-refractivity contribution in [1.29, 1.82) is 0 Å². The first-order valence-corrected chi connectivity index (χ1v) is 6.27. The molecule has 0 saturated heterocycles. The third-order valence-corrected chi connectivity index (χ3v) is 3.11. The van der Waals surface area contributed by atoms with Crippen molar-refractivity contribution in [3.63, 3.8) is 0 Å². The quantitative estimate of drug-likeness (QED) is 0.617. The smallest absolute Gasteiger partial charge is 0.212 e. The summed E-state index contributed by atoms with van der Waals surface area (Å²) in [7, 11) is 0. The van der Waals surface area contributed by atoms with Gasteiger partial charge in [-0.15, -0.1) is 11.6 Å². The molecule has 0 radical (unpaired) electrons. The van der Waals surface area contributed by atoms with Crippen molar-refractivity contribution in [3.8, 4) is 11.3 Å². The Balaban J connectivity index is 2.18. The van der Waals surface area contributed by atoms with Crippen LogP contribution in [0, 0.1) is 0 Å². The monoisotopic (exact) mass is 257 g/mol. The molecule has 90 valence electrons. The van der Waals surface area contributed by atoms with Crippen molar-refractivity contribution in [2.45, 2.75) is 12.3 Å². The molecule has 1 aromatic heterocycles. The lowest BCUT2D eigenvalue weighted by Crippen LogP contribution is -1.81. The van der Waals surface area contributed by atoms with E-state index in [-0.39, 0.29) is 5.38 Å². The van der Waals surface area contributed by atoms with Gasteiger partial charge in [0, 0.05) is 5.56 Å². The first kappa shape index (κ1) is 11.3. The number of benzene rings is 2. The summed E-state index contributed by atoms with van der Waals surface area (Å²) in [6, 6.07) is 14.3. The molecule has 3 rings (SSSR count). The highest BCUT2D eigenvalue weighted by Gasteiger charge is 2.12. The Morgan fingerprint density at radius 3 is 2.67 bits per heavy atom. The van der Waals surface area contributed by atoms with Gasteiger partial charge in [0.1, 0.15) is 5.38 Å². The Labute approximate surface area is 110 Å². The van der Waals surface area contributed by atoms with Gasteiger partial charge in [0.15, 0.2) is 5.76 Å². The van der Waals surface area contributed by atoms with E-state index >= 15 is 0 Å². The summed E-state index contributed by atoms with van der Waals surface area (Å²) < 4.78 is 5.70. The first-order valence-electron chi connectivity index (χ1n) is 5.83. The zero-order chi connectivity index (χ0) is 12.5. The molecule has 1 unspecified atom stereocenters. The van der Waals surface area contributed by atoms with E-state index < -0.39 is 0 Å². The van der Waals surface area contributed by atoms with E-state index in [0.29, 0.717) is 5.89 Å². The lowest BCUT2D eigenvalue weighted by Gasteiger charge is -2.03. The number of hydrogen-bond acceptors (Lipinski definition) is 2. The second-order valence-corrected chi connectivity index (χ2v) is 4.86. The Bertz CT molecular complexity index is 682. The zero-order valence-electron chi connectivity index (χ0n) is 9.93. The van der Waals surface area contributed by atoms with Crippen LogP contribution in [0.15, 0.2) is 53.1 Å². The minimum absolute atomic E-state index is 0.214. The molecule has 2 nitrogen and oxygen atoms in total. The fraction of sp³-hybridized carbons (Fsp3) is 0.133. The van der Waals surface area contributed by atoms with Crippen molar-refractivity contribution in [3.05, 3.63) is 54.6 Å². The van der Waals surface area contributed by atoms with Crippen LogP contribution < -0.4 is 0 Å². The standard InChI is InChI=1S/C15H12ClNO/c1-10(16)15-17-9-14(18-15)13-8-4-6-11-5-2-3-7-12(11)13/h2-10H,1H3. The van der Waals surface area contributed by atoms with Crippen LogP contribution in [0.5, 0.6) is 0 Å². The molecular formula is C15H12ClNO. The van der Waals surface area contributed by atoms with Crippen LogP contribution in [0.3, 0.4) is 0 Å². The van der Waals surface area contributed by atoms with Crippen LogP contribution in [0.25, 0.3) is 22.1 Å². The lowest BCUT2D eigenvalue weighted by atomic mass is 10.0. The van der Waals surface area contributed by atoms with Crippen LogP contribution in [0.2, 0.25) is 0 Å². The van der Waals surface area contributed by atoms with E-state index in [2.05, 4.69) is 23.2 Å². The first-order chi connectivity index (χ1) is 8.75. The number of nitrogens with zero attached hydrogens (tertiary/aromatic N) is 1. The molecule has 0 fully saturated rings. The number of aromatic nitrogens is 1. The van der Waals surface area contributed by atoms with Gasteiger partial charge in [0.05, 0.1) is 6.20 Å². The molecular weight excluding hydrogens is 246 g/mol. The van der Waals surface area contributed by atoms with Gasteiger partial charge in [-0.3, -0.25) is 0 Å². The number of hydrogen-bond donors (Lipinski definition) is 0. The summed E-state index contributed by atoms with van der Waals surface area (Å²) in [5, 5.41) is 2.13. The maximum absolute atomic E-state index is 5.97. The van der Waals surface area contributed by atoms with E-state index in [1.54, 1.807) is 6.20 Å².